The van der Waals surface area contributed by atoms with Crippen LogP contribution in [0.1, 0.15) is 19.3 Å². The molecule has 3 heteroatoms. The molecule has 12 heavy (non-hydrogen) atoms. The number of nitrogens with one attached hydrogen (secondary N) is 1. The monoisotopic (exact) mass is 191 g/mol. The van der Waals surface area contributed by atoms with Gasteiger partial charge in [-0.3, -0.25) is 0 Å². The van der Waals surface area contributed by atoms with Gasteiger partial charge < -0.3 is 10.1 Å². The zero-order valence-corrected chi connectivity index (χ0v) is 8.28. The van der Waals surface area contributed by atoms with Crippen molar-refractivity contribution in [2.24, 2.45) is 5.92 Å². The molecule has 1 fully saturated rings. The number of halogens is 1. The Balaban J connectivity index is 1.65. The molecule has 0 heterocycles. The summed E-state index contributed by atoms with van der Waals surface area (Å²) in [6, 6.07) is 0. The first kappa shape index (κ1) is 10.3. The summed E-state index contributed by atoms with van der Waals surface area (Å²) in [5, 5.41) is 3.41. The Morgan fingerprint density at radius 2 is 2.17 bits per heavy atom. The van der Waals surface area contributed by atoms with Gasteiger partial charge in [-0.1, -0.05) is 0 Å². The van der Waals surface area contributed by atoms with Crippen molar-refractivity contribution < 1.29 is 4.74 Å². The molecule has 1 aliphatic carbocycles. The summed E-state index contributed by atoms with van der Waals surface area (Å²) in [5.41, 5.74) is 0. The molecule has 0 bridgehead atoms. The number of hydrogen-bond donors (Lipinski definition) is 1. The highest BCUT2D eigenvalue weighted by Gasteiger charge is 2.19. The van der Waals surface area contributed by atoms with Gasteiger partial charge in [0.2, 0.25) is 0 Å². The molecule has 0 radical (unpaired) electrons. The highest BCUT2D eigenvalue weighted by molar-refractivity contribution is 6.17. The Labute approximate surface area is 79.6 Å². The predicted molar refractivity (Wildman–Crippen MR) is 51.7 cm³/mol. The molecule has 0 aliphatic heterocycles. The summed E-state index contributed by atoms with van der Waals surface area (Å²) in [6.45, 7) is 3.81. The molecule has 0 atom stereocenters. The molecular weight excluding hydrogens is 174 g/mol. The molecule has 2 nitrogen and oxygen atoms in total. The fourth-order valence-corrected chi connectivity index (χ4v) is 1.19. The molecule has 0 aromatic heterocycles. The van der Waals surface area contributed by atoms with Crippen LogP contribution in [0.3, 0.4) is 0 Å². The van der Waals surface area contributed by atoms with Crippen molar-refractivity contribution in [2.45, 2.75) is 19.3 Å². The Kier molecular flexibility index (Phi) is 5.74. The van der Waals surface area contributed by atoms with Gasteiger partial charge in [-0.15, -0.1) is 11.6 Å². The van der Waals surface area contributed by atoms with E-state index in [0.717, 1.165) is 25.5 Å². The summed E-state index contributed by atoms with van der Waals surface area (Å²) in [5.74, 6) is 1.59. The second-order valence-electron chi connectivity index (χ2n) is 3.30. The van der Waals surface area contributed by atoms with Gasteiger partial charge in [0, 0.05) is 12.5 Å². The van der Waals surface area contributed by atoms with Crippen LogP contribution in [0.4, 0.5) is 0 Å². The van der Waals surface area contributed by atoms with Crippen LogP contribution in [0.5, 0.6) is 0 Å². The second kappa shape index (κ2) is 6.70. The van der Waals surface area contributed by atoms with Gasteiger partial charge >= 0.3 is 0 Å². The lowest BCUT2D eigenvalue weighted by Crippen LogP contribution is -2.19. The lowest BCUT2D eigenvalue weighted by atomic mass is 10.4. The van der Waals surface area contributed by atoms with E-state index in [-0.39, 0.29) is 0 Å². The molecule has 0 aromatic carbocycles. The van der Waals surface area contributed by atoms with Crippen molar-refractivity contribution in [2.75, 3.05) is 32.2 Å². The van der Waals surface area contributed by atoms with E-state index >= 15 is 0 Å². The van der Waals surface area contributed by atoms with Crippen LogP contribution in [0.2, 0.25) is 0 Å². The van der Waals surface area contributed by atoms with Crippen molar-refractivity contribution in [3.63, 3.8) is 0 Å². The van der Waals surface area contributed by atoms with Crippen LogP contribution >= 0.6 is 11.6 Å². The summed E-state index contributed by atoms with van der Waals surface area (Å²) in [4.78, 5) is 0. The van der Waals surface area contributed by atoms with Gasteiger partial charge in [0.15, 0.2) is 0 Å². The first-order valence-corrected chi connectivity index (χ1v) is 5.31. The Hall–Kier alpha value is 0.210. The van der Waals surface area contributed by atoms with Gasteiger partial charge in [-0.25, -0.2) is 0 Å². The molecule has 1 aliphatic rings. The van der Waals surface area contributed by atoms with E-state index in [1.807, 2.05) is 0 Å². The van der Waals surface area contributed by atoms with Crippen LogP contribution in [0.15, 0.2) is 0 Å². The summed E-state index contributed by atoms with van der Waals surface area (Å²) in [7, 11) is 0. The Morgan fingerprint density at radius 3 is 2.83 bits per heavy atom. The molecule has 0 amide bonds. The minimum absolute atomic E-state index is 0.607. The van der Waals surface area contributed by atoms with Gasteiger partial charge in [-0.2, -0.15) is 0 Å². The van der Waals surface area contributed by atoms with Gasteiger partial charge in [0.1, 0.15) is 0 Å². The number of alkyl halides is 1. The standard InChI is InChI=1S/C9H18ClNO/c10-4-7-12-6-1-5-11-8-9-2-3-9/h9,11H,1-8H2. The van der Waals surface area contributed by atoms with E-state index in [1.54, 1.807) is 0 Å². The predicted octanol–water partition coefficient (Wildman–Crippen LogP) is 1.63. The SMILES string of the molecule is ClCCOCCCNCC1CC1. The second-order valence-corrected chi connectivity index (χ2v) is 3.68. The van der Waals surface area contributed by atoms with Crippen LogP contribution in [-0.4, -0.2) is 32.2 Å². The molecule has 1 N–H and O–H groups in total. The molecule has 1 saturated carbocycles. The fraction of sp³-hybridized carbons (Fsp3) is 1.00. The van der Waals surface area contributed by atoms with Crippen LogP contribution in [0, 0.1) is 5.92 Å². The fourth-order valence-electron chi connectivity index (χ4n) is 1.08. The lowest BCUT2D eigenvalue weighted by Gasteiger charge is -2.03. The van der Waals surface area contributed by atoms with Crippen LogP contribution in [0.25, 0.3) is 0 Å². The number of hydrogen-bond acceptors (Lipinski definition) is 2. The molecular formula is C9H18ClNO. The maximum Gasteiger partial charge on any atom is 0.0601 e. The largest absolute Gasteiger partial charge is 0.380 e. The first-order chi connectivity index (χ1) is 5.93. The van der Waals surface area contributed by atoms with Crippen LogP contribution < -0.4 is 5.32 Å². The van der Waals surface area contributed by atoms with Gasteiger partial charge in [0.25, 0.3) is 0 Å². The third-order valence-corrected chi connectivity index (χ3v) is 2.15. The van der Waals surface area contributed by atoms with E-state index in [4.69, 9.17) is 16.3 Å². The van der Waals surface area contributed by atoms with E-state index in [2.05, 4.69) is 5.32 Å². The van der Waals surface area contributed by atoms with Crippen molar-refractivity contribution in [1.82, 2.24) is 5.32 Å². The minimum atomic E-state index is 0.607. The molecule has 0 saturated heterocycles. The molecule has 0 spiro atoms. The summed E-state index contributed by atoms with van der Waals surface area (Å²) in [6.07, 6.45) is 3.95. The van der Waals surface area contributed by atoms with E-state index in [0.29, 0.717) is 12.5 Å². The van der Waals surface area contributed by atoms with Crippen molar-refractivity contribution in [1.29, 1.82) is 0 Å². The molecule has 0 aromatic rings. The van der Waals surface area contributed by atoms with Crippen LogP contribution in [-0.2, 0) is 4.74 Å². The third kappa shape index (κ3) is 5.81. The van der Waals surface area contributed by atoms with E-state index in [1.165, 1.54) is 19.4 Å². The summed E-state index contributed by atoms with van der Waals surface area (Å²) < 4.78 is 5.23. The molecule has 1 rings (SSSR count). The zero-order valence-electron chi connectivity index (χ0n) is 7.52. The smallest absolute Gasteiger partial charge is 0.0601 e. The van der Waals surface area contributed by atoms with E-state index in [9.17, 15) is 0 Å². The van der Waals surface area contributed by atoms with Crippen molar-refractivity contribution >= 4 is 11.6 Å². The minimum Gasteiger partial charge on any atom is -0.380 e. The third-order valence-electron chi connectivity index (χ3n) is 1.99. The topological polar surface area (TPSA) is 21.3 Å². The number of ether oxygens (including phenoxy) is 1. The first-order valence-electron chi connectivity index (χ1n) is 4.78. The molecule has 72 valence electrons. The highest BCUT2D eigenvalue weighted by atomic mass is 35.5. The van der Waals surface area contributed by atoms with Crippen molar-refractivity contribution in [3.8, 4) is 0 Å². The summed E-state index contributed by atoms with van der Waals surface area (Å²) >= 11 is 5.45. The van der Waals surface area contributed by atoms with E-state index < -0.39 is 0 Å². The maximum absolute atomic E-state index is 5.45. The Morgan fingerprint density at radius 1 is 1.33 bits per heavy atom. The highest BCUT2D eigenvalue weighted by Crippen LogP contribution is 2.27. The quantitative estimate of drug-likeness (QED) is 0.465. The Bertz CT molecular complexity index is 107. The molecule has 0 unspecified atom stereocenters. The lowest BCUT2D eigenvalue weighted by molar-refractivity contribution is 0.146. The average Bonchev–Trinajstić information content (AvgIpc) is 2.87. The maximum atomic E-state index is 5.45. The van der Waals surface area contributed by atoms with Crippen molar-refractivity contribution in [3.05, 3.63) is 0 Å². The number of rotatable bonds is 8. The zero-order chi connectivity index (χ0) is 8.65. The van der Waals surface area contributed by atoms with Gasteiger partial charge in [-0.05, 0) is 38.3 Å². The normalized spacial score (nSPS) is 16.8. The average molecular weight is 192 g/mol. The van der Waals surface area contributed by atoms with Gasteiger partial charge in [0.05, 0.1) is 6.61 Å².